The third-order valence-corrected chi connectivity index (χ3v) is 7.28. The van der Waals surface area contributed by atoms with Crippen molar-refractivity contribution in [1.29, 1.82) is 0 Å². The van der Waals surface area contributed by atoms with Crippen LogP contribution in [-0.4, -0.2) is 66.3 Å². The molecule has 0 saturated carbocycles. The smallest absolute Gasteiger partial charge is 0.205 e. The van der Waals surface area contributed by atoms with Gasteiger partial charge in [0, 0.05) is 36.7 Å². The van der Waals surface area contributed by atoms with Crippen LogP contribution in [0.2, 0.25) is 0 Å². The van der Waals surface area contributed by atoms with Gasteiger partial charge in [0.15, 0.2) is 5.65 Å². The van der Waals surface area contributed by atoms with E-state index in [1.165, 1.54) is 37.1 Å². The lowest BCUT2D eigenvalue weighted by atomic mass is 9.96. The molecule has 1 saturated heterocycles. The van der Waals surface area contributed by atoms with Crippen molar-refractivity contribution in [2.75, 3.05) is 31.5 Å². The van der Waals surface area contributed by atoms with E-state index in [2.05, 4.69) is 73.2 Å². The van der Waals surface area contributed by atoms with E-state index in [9.17, 15) is 0 Å². The molecule has 2 N–H and O–H groups in total. The predicted molar refractivity (Wildman–Crippen MR) is 149 cm³/mol. The molecule has 0 atom stereocenters. The van der Waals surface area contributed by atoms with E-state index in [0.29, 0.717) is 5.82 Å². The van der Waals surface area contributed by atoms with Gasteiger partial charge in [0.2, 0.25) is 5.82 Å². The number of nitrogens with one attached hydrogen (secondary N) is 2. The number of rotatable bonds is 10. The minimum atomic E-state index is 0.595. The van der Waals surface area contributed by atoms with Crippen LogP contribution >= 0.6 is 0 Å². The maximum absolute atomic E-state index is 5.00. The third-order valence-electron chi connectivity index (χ3n) is 7.28. The molecule has 6 rings (SSSR count). The van der Waals surface area contributed by atoms with Gasteiger partial charge in [-0.3, -0.25) is 0 Å². The van der Waals surface area contributed by atoms with Crippen LogP contribution in [0.5, 0.6) is 0 Å². The highest BCUT2D eigenvalue weighted by Crippen LogP contribution is 2.31. The second-order valence-corrected chi connectivity index (χ2v) is 9.87. The summed E-state index contributed by atoms with van der Waals surface area (Å²) in [6.45, 7) is 6.55. The van der Waals surface area contributed by atoms with Crippen molar-refractivity contribution in [3.05, 3.63) is 77.6 Å². The number of likely N-dealkylation sites (tertiary alicyclic amines) is 1. The normalized spacial score (nSPS) is 13.9. The van der Waals surface area contributed by atoms with Crippen LogP contribution in [0.25, 0.3) is 28.2 Å². The highest BCUT2D eigenvalue weighted by Gasteiger charge is 2.18. The molecule has 2 aromatic carbocycles. The fraction of sp³-hybridized carbons (Fsp3) is 0.345. The van der Waals surface area contributed by atoms with E-state index < -0.39 is 0 Å². The molecule has 4 heterocycles. The number of H-pyrrole nitrogens is 1. The van der Waals surface area contributed by atoms with Gasteiger partial charge in [-0.2, -0.15) is 14.8 Å². The molecule has 1 aliphatic heterocycles. The Balaban J connectivity index is 1.30. The molecular weight excluding hydrogens is 474 g/mol. The number of hydrogen-bond acceptors (Lipinski definition) is 7. The standard InChI is InChI=1S/C29H33N9/c1-2-7-26-25(29(38-27(32-26)14-15-31-38)30-16-19-37-17-5-6-18-37)20-21-10-12-22(13-11-21)23-8-3-4-9-24(23)28-33-35-36-34-28/h3-4,8-15,30H,2,5-7,16-20H2,1H3,(H,33,34,35,36). The summed E-state index contributed by atoms with van der Waals surface area (Å²) in [5.41, 5.74) is 7.66. The first-order valence-corrected chi connectivity index (χ1v) is 13.5. The molecular formula is C29H33N9. The van der Waals surface area contributed by atoms with Crippen LogP contribution in [0.4, 0.5) is 5.82 Å². The van der Waals surface area contributed by atoms with Crippen LogP contribution in [0.3, 0.4) is 0 Å². The van der Waals surface area contributed by atoms with E-state index in [4.69, 9.17) is 4.98 Å². The summed E-state index contributed by atoms with van der Waals surface area (Å²) >= 11 is 0. The zero-order valence-electron chi connectivity index (χ0n) is 21.8. The number of aromatic amines is 1. The van der Waals surface area contributed by atoms with Crippen molar-refractivity contribution in [3.8, 4) is 22.5 Å². The number of aromatic nitrogens is 7. The average Bonchev–Trinajstić information content (AvgIpc) is 3.74. The Bertz CT molecular complexity index is 1480. The minimum Gasteiger partial charge on any atom is -0.368 e. The molecule has 9 nitrogen and oxygen atoms in total. The number of nitrogens with zero attached hydrogens (tertiary/aromatic N) is 7. The van der Waals surface area contributed by atoms with E-state index in [1.54, 1.807) is 0 Å². The van der Waals surface area contributed by atoms with Gasteiger partial charge >= 0.3 is 0 Å². The molecule has 0 spiro atoms. The average molecular weight is 508 g/mol. The van der Waals surface area contributed by atoms with Crippen molar-refractivity contribution in [1.82, 2.24) is 40.1 Å². The quantitative estimate of drug-likeness (QED) is 0.284. The van der Waals surface area contributed by atoms with Crippen molar-refractivity contribution in [2.24, 2.45) is 0 Å². The summed E-state index contributed by atoms with van der Waals surface area (Å²) in [6.07, 6.45) is 7.22. The fourth-order valence-electron chi connectivity index (χ4n) is 5.39. The number of tetrazole rings is 1. The first-order chi connectivity index (χ1) is 18.8. The Morgan fingerprint density at radius 2 is 1.79 bits per heavy atom. The molecule has 38 heavy (non-hydrogen) atoms. The Hall–Kier alpha value is -4.11. The summed E-state index contributed by atoms with van der Waals surface area (Å²) in [7, 11) is 0. The molecule has 0 aliphatic carbocycles. The maximum atomic E-state index is 5.00. The van der Waals surface area contributed by atoms with Crippen LogP contribution in [0.1, 0.15) is 43.0 Å². The molecule has 1 aliphatic rings. The van der Waals surface area contributed by atoms with Crippen LogP contribution in [-0.2, 0) is 12.8 Å². The molecule has 5 aromatic rings. The second kappa shape index (κ2) is 11.1. The Labute approximate surface area is 222 Å². The number of hydrogen-bond donors (Lipinski definition) is 2. The van der Waals surface area contributed by atoms with Gasteiger partial charge in [-0.15, -0.1) is 10.2 Å². The van der Waals surface area contributed by atoms with Crippen molar-refractivity contribution in [2.45, 2.75) is 39.0 Å². The summed E-state index contributed by atoms with van der Waals surface area (Å²) < 4.78 is 1.97. The lowest BCUT2D eigenvalue weighted by molar-refractivity contribution is 0.352. The summed E-state index contributed by atoms with van der Waals surface area (Å²) in [5.74, 6) is 1.66. The monoisotopic (exact) mass is 507 g/mol. The zero-order chi connectivity index (χ0) is 25.7. The molecule has 0 amide bonds. The van der Waals surface area contributed by atoms with Crippen molar-refractivity contribution in [3.63, 3.8) is 0 Å². The number of benzene rings is 2. The first kappa shape index (κ1) is 24.2. The second-order valence-electron chi connectivity index (χ2n) is 9.87. The maximum Gasteiger partial charge on any atom is 0.205 e. The van der Waals surface area contributed by atoms with Gasteiger partial charge in [-0.25, -0.2) is 4.98 Å². The van der Waals surface area contributed by atoms with Crippen molar-refractivity contribution >= 4 is 11.5 Å². The summed E-state index contributed by atoms with van der Waals surface area (Å²) in [5, 5.41) is 23.0. The van der Waals surface area contributed by atoms with Gasteiger partial charge in [-0.05, 0) is 54.3 Å². The molecule has 3 aromatic heterocycles. The molecule has 194 valence electrons. The molecule has 1 fully saturated rings. The molecule has 0 radical (unpaired) electrons. The predicted octanol–water partition coefficient (Wildman–Crippen LogP) is 4.63. The number of anilines is 1. The summed E-state index contributed by atoms with van der Waals surface area (Å²) in [4.78, 5) is 7.53. The Kier molecular flexibility index (Phi) is 7.08. The molecule has 0 unspecified atom stereocenters. The topological polar surface area (TPSA) is 99.9 Å². The number of fused-ring (bicyclic) bond motifs is 1. The Morgan fingerprint density at radius 3 is 2.55 bits per heavy atom. The third kappa shape index (κ3) is 5.02. The van der Waals surface area contributed by atoms with Crippen molar-refractivity contribution < 1.29 is 0 Å². The summed E-state index contributed by atoms with van der Waals surface area (Å²) in [6, 6.07) is 18.9. The Morgan fingerprint density at radius 1 is 0.974 bits per heavy atom. The van der Waals surface area contributed by atoms with E-state index >= 15 is 0 Å². The largest absolute Gasteiger partial charge is 0.368 e. The highest BCUT2D eigenvalue weighted by molar-refractivity contribution is 5.80. The van der Waals surface area contributed by atoms with Gasteiger partial charge in [-0.1, -0.05) is 61.9 Å². The van der Waals surface area contributed by atoms with E-state index in [0.717, 1.165) is 66.2 Å². The fourth-order valence-corrected chi connectivity index (χ4v) is 5.39. The van der Waals surface area contributed by atoms with E-state index in [-0.39, 0.29) is 0 Å². The highest BCUT2D eigenvalue weighted by atomic mass is 15.5. The van der Waals surface area contributed by atoms with Crippen LogP contribution in [0, 0.1) is 0 Å². The van der Waals surface area contributed by atoms with Gasteiger partial charge < -0.3 is 10.2 Å². The van der Waals surface area contributed by atoms with Crippen LogP contribution < -0.4 is 5.32 Å². The first-order valence-electron chi connectivity index (χ1n) is 13.5. The van der Waals surface area contributed by atoms with Gasteiger partial charge in [0.1, 0.15) is 5.82 Å². The van der Waals surface area contributed by atoms with Gasteiger partial charge in [0.25, 0.3) is 0 Å². The van der Waals surface area contributed by atoms with Gasteiger partial charge in [0.05, 0.1) is 11.9 Å². The minimum absolute atomic E-state index is 0.595. The molecule has 0 bridgehead atoms. The lowest BCUT2D eigenvalue weighted by Crippen LogP contribution is -2.27. The number of aryl methyl sites for hydroxylation is 1. The van der Waals surface area contributed by atoms with E-state index in [1.807, 2.05) is 35.0 Å². The zero-order valence-corrected chi connectivity index (χ0v) is 21.8. The van der Waals surface area contributed by atoms with Crippen LogP contribution in [0.15, 0.2) is 60.8 Å². The molecule has 9 heteroatoms. The lowest BCUT2D eigenvalue weighted by Gasteiger charge is -2.20. The SMILES string of the molecule is CCCc1nc2ccnn2c(NCCN2CCCC2)c1Cc1ccc(-c2ccccc2-c2nn[nH]n2)cc1.